The number of hydrogen-bond acceptors (Lipinski definition) is 5. The van der Waals surface area contributed by atoms with Crippen molar-refractivity contribution in [3.63, 3.8) is 0 Å². The van der Waals surface area contributed by atoms with Crippen molar-refractivity contribution in [1.82, 2.24) is 5.32 Å². The minimum absolute atomic E-state index is 0.377. The van der Waals surface area contributed by atoms with Crippen LogP contribution in [0.5, 0.6) is 0 Å². The zero-order chi connectivity index (χ0) is 14.8. The molecule has 0 bridgehead atoms. The Morgan fingerprint density at radius 3 is 2.75 bits per heavy atom. The van der Waals surface area contributed by atoms with Crippen LogP contribution in [0, 0.1) is 0 Å². The molecule has 0 heterocycles. The van der Waals surface area contributed by atoms with E-state index in [2.05, 4.69) is 10.8 Å². The zero-order valence-electron chi connectivity index (χ0n) is 11.5. The highest BCUT2D eigenvalue weighted by Gasteiger charge is 2.17. The van der Waals surface area contributed by atoms with Crippen molar-refractivity contribution in [2.45, 2.75) is 31.7 Å². The van der Waals surface area contributed by atoms with E-state index in [9.17, 15) is 9.90 Å². The van der Waals surface area contributed by atoms with Crippen molar-refractivity contribution in [2.24, 2.45) is 5.73 Å². The van der Waals surface area contributed by atoms with E-state index in [4.69, 9.17) is 10.9 Å². The van der Waals surface area contributed by atoms with E-state index in [0.29, 0.717) is 25.2 Å². The van der Waals surface area contributed by atoms with Gasteiger partial charge in [-0.15, -0.1) is 0 Å². The molecule has 0 radical (unpaired) electrons. The van der Waals surface area contributed by atoms with Gasteiger partial charge in [0.2, 0.25) is 0 Å². The first kappa shape index (κ1) is 16.4. The summed E-state index contributed by atoms with van der Waals surface area (Å²) in [6.45, 7) is 1.33. The number of anilines is 1. The van der Waals surface area contributed by atoms with Gasteiger partial charge in [0.25, 0.3) is 0 Å². The SMILES string of the molecule is NCCCCCNC(Cc1cccc(NO)c1)C(=O)O. The number of unbranched alkanes of at least 4 members (excludes halogenated alkanes) is 2. The van der Waals surface area contributed by atoms with E-state index in [1.807, 2.05) is 6.07 Å². The minimum Gasteiger partial charge on any atom is -0.480 e. The van der Waals surface area contributed by atoms with E-state index >= 15 is 0 Å². The molecule has 1 unspecified atom stereocenters. The summed E-state index contributed by atoms with van der Waals surface area (Å²) in [7, 11) is 0. The molecule has 0 aliphatic carbocycles. The average Bonchev–Trinajstić information content (AvgIpc) is 2.45. The normalized spacial score (nSPS) is 12.1. The molecule has 0 aromatic heterocycles. The number of hydrogen-bond donors (Lipinski definition) is 5. The summed E-state index contributed by atoms with van der Waals surface area (Å²) in [5.41, 5.74) is 8.87. The molecule has 0 fully saturated rings. The average molecular weight is 281 g/mol. The molecule has 6 N–H and O–H groups in total. The van der Waals surface area contributed by atoms with Gasteiger partial charge >= 0.3 is 5.97 Å². The summed E-state index contributed by atoms with van der Waals surface area (Å²) in [4.78, 5) is 11.2. The molecule has 6 nitrogen and oxygen atoms in total. The largest absolute Gasteiger partial charge is 0.480 e. The van der Waals surface area contributed by atoms with Crippen LogP contribution in [0.25, 0.3) is 0 Å². The second-order valence-corrected chi connectivity index (χ2v) is 4.71. The quantitative estimate of drug-likeness (QED) is 0.326. The first-order valence-electron chi connectivity index (χ1n) is 6.82. The smallest absolute Gasteiger partial charge is 0.321 e. The second kappa shape index (κ2) is 9.30. The fourth-order valence-electron chi connectivity index (χ4n) is 1.97. The fraction of sp³-hybridized carbons (Fsp3) is 0.500. The Labute approximate surface area is 118 Å². The Bertz CT molecular complexity index is 412. The van der Waals surface area contributed by atoms with Crippen LogP contribution < -0.4 is 16.5 Å². The van der Waals surface area contributed by atoms with Crippen LogP contribution >= 0.6 is 0 Å². The molecular weight excluding hydrogens is 258 g/mol. The molecule has 1 aromatic carbocycles. The van der Waals surface area contributed by atoms with Crippen LogP contribution in [0.1, 0.15) is 24.8 Å². The predicted molar refractivity (Wildman–Crippen MR) is 77.9 cm³/mol. The van der Waals surface area contributed by atoms with Crippen LogP contribution in [0.4, 0.5) is 5.69 Å². The van der Waals surface area contributed by atoms with Gasteiger partial charge in [-0.1, -0.05) is 18.6 Å². The summed E-state index contributed by atoms with van der Waals surface area (Å²) >= 11 is 0. The van der Waals surface area contributed by atoms with E-state index in [-0.39, 0.29) is 0 Å². The minimum atomic E-state index is -0.869. The van der Waals surface area contributed by atoms with Gasteiger partial charge in [-0.25, -0.2) is 0 Å². The molecule has 0 aliphatic heterocycles. The lowest BCUT2D eigenvalue weighted by atomic mass is 10.1. The van der Waals surface area contributed by atoms with Crippen LogP contribution in [-0.2, 0) is 11.2 Å². The highest BCUT2D eigenvalue weighted by molar-refractivity contribution is 5.74. The molecule has 112 valence electrons. The number of aliphatic carboxylic acids is 1. The Balaban J connectivity index is 2.47. The highest BCUT2D eigenvalue weighted by Crippen LogP contribution is 2.11. The standard InChI is InChI=1S/C14H23N3O3/c15-7-2-1-3-8-16-13(14(18)19)10-11-5-4-6-12(9-11)17-20/h4-6,9,13,16-17,20H,1-3,7-8,10,15H2,(H,18,19). The number of nitrogens with two attached hydrogens (primary N) is 1. The summed E-state index contributed by atoms with van der Waals surface area (Å²) < 4.78 is 0. The van der Waals surface area contributed by atoms with Gasteiger partial charge in [-0.05, 0) is 50.0 Å². The third-order valence-electron chi connectivity index (χ3n) is 3.07. The zero-order valence-corrected chi connectivity index (χ0v) is 11.5. The van der Waals surface area contributed by atoms with Crippen LogP contribution in [0.2, 0.25) is 0 Å². The topological polar surface area (TPSA) is 108 Å². The molecule has 0 saturated heterocycles. The van der Waals surface area contributed by atoms with Crippen LogP contribution in [0.15, 0.2) is 24.3 Å². The molecule has 1 atom stereocenters. The molecule has 0 saturated carbocycles. The molecule has 6 heteroatoms. The monoisotopic (exact) mass is 281 g/mol. The number of carboxylic acid groups (broad SMARTS) is 1. The Morgan fingerprint density at radius 1 is 1.30 bits per heavy atom. The van der Waals surface area contributed by atoms with Gasteiger partial charge in [0.1, 0.15) is 6.04 Å². The summed E-state index contributed by atoms with van der Waals surface area (Å²) in [5, 5.41) is 21.1. The van der Waals surface area contributed by atoms with Crippen molar-refractivity contribution >= 4 is 11.7 Å². The lowest BCUT2D eigenvalue weighted by Crippen LogP contribution is -2.39. The van der Waals surface area contributed by atoms with Crippen molar-refractivity contribution in [1.29, 1.82) is 0 Å². The van der Waals surface area contributed by atoms with Crippen LogP contribution in [0.3, 0.4) is 0 Å². The van der Waals surface area contributed by atoms with Gasteiger partial charge in [-0.2, -0.15) is 0 Å². The summed E-state index contributed by atoms with van der Waals surface area (Å²) in [6, 6.07) is 6.42. The Morgan fingerprint density at radius 2 is 2.10 bits per heavy atom. The first-order chi connectivity index (χ1) is 9.67. The molecule has 0 aliphatic rings. The predicted octanol–water partition coefficient (Wildman–Crippen LogP) is 1.20. The Hall–Kier alpha value is -1.63. The molecule has 1 aromatic rings. The molecule has 0 spiro atoms. The Kier molecular flexibility index (Phi) is 7.64. The first-order valence-corrected chi connectivity index (χ1v) is 6.82. The van der Waals surface area contributed by atoms with Crippen molar-refractivity contribution < 1.29 is 15.1 Å². The van der Waals surface area contributed by atoms with Crippen LogP contribution in [-0.4, -0.2) is 35.4 Å². The maximum absolute atomic E-state index is 11.2. The van der Waals surface area contributed by atoms with E-state index in [0.717, 1.165) is 24.8 Å². The van der Waals surface area contributed by atoms with E-state index in [1.165, 1.54) is 0 Å². The number of rotatable bonds is 10. The van der Waals surface area contributed by atoms with Gasteiger partial charge < -0.3 is 16.2 Å². The lowest BCUT2D eigenvalue weighted by Gasteiger charge is -2.15. The van der Waals surface area contributed by atoms with Crippen molar-refractivity contribution in [2.75, 3.05) is 18.6 Å². The molecule has 1 rings (SSSR count). The van der Waals surface area contributed by atoms with Gasteiger partial charge in [0.15, 0.2) is 0 Å². The summed E-state index contributed by atoms with van der Waals surface area (Å²) in [5.74, 6) is -0.869. The fourth-order valence-corrected chi connectivity index (χ4v) is 1.97. The highest BCUT2D eigenvalue weighted by atomic mass is 16.5. The van der Waals surface area contributed by atoms with Gasteiger partial charge in [-0.3, -0.25) is 15.5 Å². The van der Waals surface area contributed by atoms with Crippen molar-refractivity contribution in [3.05, 3.63) is 29.8 Å². The van der Waals surface area contributed by atoms with Gasteiger partial charge in [0.05, 0.1) is 5.69 Å². The lowest BCUT2D eigenvalue weighted by molar-refractivity contribution is -0.139. The third-order valence-corrected chi connectivity index (χ3v) is 3.07. The molecule has 0 amide bonds. The van der Waals surface area contributed by atoms with E-state index < -0.39 is 12.0 Å². The molecular formula is C14H23N3O3. The second-order valence-electron chi connectivity index (χ2n) is 4.71. The third kappa shape index (κ3) is 6.01. The number of carbonyl (C=O) groups is 1. The maximum atomic E-state index is 11.2. The van der Waals surface area contributed by atoms with Crippen molar-refractivity contribution in [3.8, 4) is 0 Å². The van der Waals surface area contributed by atoms with E-state index in [1.54, 1.807) is 18.2 Å². The number of carboxylic acids is 1. The number of nitrogens with one attached hydrogen (secondary N) is 2. The molecule has 20 heavy (non-hydrogen) atoms. The summed E-state index contributed by atoms with van der Waals surface area (Å²) in [6.07, 6.45) is 3.25. The number of benzene rings is 1. The van der Waals surface area contributed by atoms with Gasteiger partial charge in [0, 0.05) is 0 Å². The maximum Gasteiger partial charge on any atom is 0.321 e.